The Bertz CT molecular complexity index is 1420. The van der Waals surface area contributed by atoms with Crippen LogP contribution in [0.25, 0.3) is 11.3 Å². The largest absolute Gasteiger partial charge is 0.493 e. The average Bonchev–Trinajstić information content (AvgIpc) is 2.87. The van der Waals surface area contributed by atoms with Gasteiger partial charge in [0.1, 0.15) is 23.2 Å². The first-order valence-electron chi connectivity index (χ1n) is 12.5. The summed E-state index contributed by atoms with van der Waals surface area (Å²) in [5, 5.41) is -0.363. The van der Waals surface area contributed by atoms with Crippen molar-refractivity contribution in [1.29, 1.82) is 0 Å². The fourth-order valence-corrected chi connectivity index (χ4v) is 5.06. The van der Waals surface area contributed by atoms with E-state index in [9.17, 15) is 17.6 Å². The minimum absolute atomic E-state index is 0.0151. The van der Waals surface area contributed by atoms with E-state index in [0.717, 1.165) is 12.8 Å². The van der Waals surface area contributed by atoms with Gasteiger partial charge in [0, 0.05) is 24.7 Å². The van der Waals surface area contributed by atoms with Crippen LogP contribution < -0.4 is 20.1 Å². The summed E-state index contributed by atoms with van der Waals surface area (Å²) in [5.74, 6) is 0.195. The number of anilines is 2. The summed E-state index contributed by atoms with van der Waals surface area (Å²) in [7, 11) is -4.28. The predicted molar refractivity (Wildman–Crippen MR) is 144 cm³/mol. The minimum Gasteiger partial charge on any atom is -0.493 e. The molecule has 11 heteroatoms. The lowest BCUT2D eigenvalue weighted by Crippen LogP contribution is -2.37. The third kappa shape index (κ3) is 6.58. The molecule has 1 fully saturated rings. The van der Waals surface area contributed by atoms with E-state index in [1.54, 1.807) is 12.1 Å². The summed E-state index contributed by atoms with van der Waals surface area (Å²) < 4.78 is 47.9. The Hall–Kier alpha value is -3.73. The molecule has 202 valence electrons. The number of nitrogen functional groups attached to an aromatic ring is 1. The predicted octanol–water partition coefficient (Wildman–Crippen LogP) is 4.25. The number of carbonyl (C=O) groups is 1. The molecule has 3 N–H and O–H groups in total. The van der Waals surface area contributed by atoms with Crippen LogP contribution in [-0.2, 0) is 10.0 Å². The number of nitrogens with zero attached hydrogens (tertiary/aromatic N) is 3. The van der Waals surface area contributed by atoms with Crippen molar-refractivity contribution < 1.29 is 22.3 Å². The molecule has 0 spiro atoms. The van der Waals surface area contributed by atoms with Crippen LogP contribution >= 0.6 is 0 Å². The highest BCUT2D eigenvalue weighted by Crippen LogP contribution is 2.30. The molecule has 1 aromatic carbocycles. The van der Waals surface area contributed by atoms with Gasteiger partial charge >= 0.3 is 0 Å². The highest BCUT2D eigenvalue weighted by Gasteiger charge is 2.27. The van der Waals surface area contributed by atoms with Gasteiger partial charge < -0.3 is 15.4 Å². The van der Waals surface area contributed by atoms with Gasteiger partial charge in [-0.05, 0) is 61.1 Å². The van der Waals surface area contributed by atoms with E-state index in [2.05, 4.69) is 16.6 Å². The second-order valence-corrected chi connectivity index (χ2v) is 11.6. The minimum atomic E-state index is -4.28. The van der Waals surface area contributed by atoms with Crippen LogP contribution in [0.15, 0.2) is 53.6 Å². The van der Waals surface area contributed by atoms with Gasteiger partial charge in [-0.3, -0.25) is 4.79 Å². The number of halogens is 1. The molecule has 0 radical (unpaired) electrons. The van der Waals surface area contributed by atoms with Crippen LogP contribution in [0.2, 0.25) is 0 Å². The summed E-state index contributed by atoms with van der Waals surface area (Å²) in [6.07, 6.45) is 1.79. The number of amides is 1. The molecule has 0 atom stereocenters. The number of pyridine rings is 2. The molecule has 38 heavy (non-hydrogen) atoms. The van der Waals surface area contributed by atoms with Gasteiger partial charge in [0.25, 0.3) is 15.9 Å². The number of rotatable bonds is 8. The van der Waals surface area contributed by atoms with Crippen LogP contribution in [0.4, 0.5) is 16.0 Å². The van der Waals surface area contributed by atoms with Gasteiger partial charge in [0.15, 0.2) is 5.03 Å². The van der Waals surface area contributed by atoms with Gasteiger partial charge in [0.05, 0.1) is 17.9 Å². The number of nitrogens with one attached hydrogen (secondary N) is 1. The van der Waals surface area contributed by atoms with Crippen molar-refractivity contribution in [2.45, 2.75) is 38.6 Å². The Kier molecular flexibility index (Phi) is 8.15. The first kappa shape index (κ1) is 27.3. The van der Waals surface area contributed by atoms with Crippen molar-refractivity contribution in [3.05, 3.63) is 59.9 Å². The Labute approximate surface area is 222 Å². The Balaban J connectivity index is 1.70. The third-order valence-corrected chi connectivity index (χ3v) is 7.43. The molecular weight excluding hydrogens is 509 g/mol. The number of benzene rings is 1. The topological polar surface area (TPSA) is 128 Å². The van der Waals surface area contributed by atoms with E-state index in [1.807, 2.05) is 18.7 Å². The van der Waals surface area contributed by atoms with E-state index < -0.39 is 21.7 Å². The Morgan fingerprint density at radius 1 is 1.16 bits per heavy atom. The molecule has 0 saturated carbocycles. The lowest BCUT2D eigenvalue weighted by atomic mass is 9.98. The van der Waals surface area contributed by atoms with Crippen LogP contribution in [0, 0.1) is 17.7 Å². The van der Waals surface area contributed by atoms with Crippen LogP contribution in [0.5, 0.6) is 5.75 Å². The first-order valence-corrected chi connectivity index (χ1v) is 14.0. The normalized spacial score (nSPS) is 14.5. The van der Waals surface area contributed by atoms with Crippen molar-refractivity contribution >= 4 is 27.6 Å². The molecule has 2 aromatic heterocycles. The zero-order valence-corrected chi connectivity index (χ0v) is 22.5. The molecule has 1 saturated heterocycles. The van der Waals surface area contributed by atoms with E-state index in [4.69, 9.17) is 15.5 Å². The highest BCUT2D eigenvalue weighted by molar-refractivity contribution is 7.90. The van der Waals surface area contributed by atoms with E-state index in [1.165, 1.54) is 36.4 Å². The number of sulfonamides is 1. The fourth-order valence-electron chi connectivity index (χ4n) is 4.11. The molecule has 1 aliphatic heterocycles. The number of ether oxygens (including phenoxy) is 1. The third-order valence-electron chi connectivity index (χ3n) is 6.20. The average molecular weight is 542 g/mol. The lowest BCUT2D eigenvalue weighted by molar-refractivity contribution is 0.0981. The molecule has 3 heterocycles. The summed E-state index contributed by atoms with van der Waals surface area (Å²) >= 11 is 0. The zero-order valence-electron chi connectivity index (χ0n) is 21.6. The van der Waals surface area contributed by atoms with Crippen molar-refractivity contribution in [3.8, 4) is 17.0 Å². The number of piperidine rings is 1. The second-order valence-electron chi connectivity index (χ2n) is 9.95. The SMILES string of the molecule is CC(C)COc1cc(F)cc(-c2ccc(C(=O)NS(=O)(=O)c3cccc(N)n3)c(N3CCC(C)CC3)n2)c1. The first-order chi connectivity index (χ1) is 18.0. The molecule has 0 aliphatic carbocycles. The molecule has 4 rings (SSSR count). The Morgan fingerprint density at radius 3 is 2.58 bits per heavy atom. The smallest absolute Gasteiger partial charge is 0.281 e. The lowest BCUT2D eigenvalue weighted by Gasteiger charge is -2.32. The van der Waals surface area contributed by atoms with Crippen molar-refractivity contribution in [2.24, 2.45) is 11.8 Å². The van der Waals surface area contributed by atoms with Gasteiger partial charge in [-0.25, -0.2) is 19.1 Å². The van der Waals surface area contributed by atoms with Gasteiger partial charge in [0.2, 0.25) is 0 Å². The van der Waals surface area contributed by atoms with Crippen molar-refractivity contribution in [2.75, 3.05) is 30.3 Å². The summed E-state index contributed by atoms with van der Waals surface area (Å²) in [6, 6.07) is 11.6. The highest BCUT2D eigenvalue weighted by atomic mass is 32.2. The van der Waals surface area contributed by atoms with Crippen molar-refractivity contribution in [3.63, 3.8) is 0 Å². The second kappa shape index (κ2) is 11.3. The maximum atomic E-state index is 14.5. The van der Waals surface area contributed by atoms with Gasteiger partial charge in [-0.2, -0.15) is 8.42 Å². The fraction of sp³-hybridized carbons (Fsp3) is 0.370. The number of nitrogens with two attached hydrogens (primary N) is 1. The van der Waals surface area contributed by atoms with Crippen LogP contribution in [0.1, 0.15) is 44.0 Å². The van der Waals surface area contributed by atoms with Crippen LogP contribution in [-0.4, -0.2) is 44.0 Å². The van der Waals surface area contributed by atoms with Crippen molar-refractivity contribution in [1.82, 2.24) is 14.7 Å². The summed E-state index contributed by atoms with van der Waals surface area (Å²) in [5.41, 5.74) is 6.62. The molecule has 1 aliphatic rings. The maximum Gasteiger partial charge on any atom is 0.281 e. The number of aromatic nitrogens is 2. The van der Waals surface area contributed by atoms with Gasteiger partial charge in [-0.15, -0.1) is 0 Å². The Morgan fingerprint density at radius 2 is 1.89 bits per heavy atom. The van der Waals surface area contributed by atoms with Gasteiger partial charge in [-0.1, -0.05) is 26.8 Å². The standard InChI is InChI=1S/C27H32FN5O4S/c1-17(2)16-37-21-14-19(13-20(28)15-21)23-8-7-22(26(30-23)33-11-9-18(3)10-12-33)27(34)32-38(35,36)25-6-4-5-24(29)31-25/h4-8,13-15,17-18H,9-12,16H2,1-3H3,(H2,29,31)(H,32,34). The van der Waals surface area contributed by atoms with E-state index >= 15 is 0 Å². The van der Waals surface area contributed by atoms with E-state index in [-0.39, 0.29) is 22.3 Å². The zero-order chi connectivity index (χ0) is 27.4. The number of hydrogen-bond donors (Lipinski definition) is 2. The molecule has 9 nitrogen and oxygen atoms in total. The van der Waals surface area contributed by atoms with E-state index in [0.29, 0.717) is 48.4 Å². The quantitative estimate of drug-likeness (QED) is 0.433. The monoisotopic (exact) mass is 541 g/mol. The number of carbonyl (C=O) groups excluding carboxylic acids is 1. The maximum absolute atomic E-state index is 14.5. The van der Waals surface area contributed by atoms with Crippen LogP contribution in [0.3, 0.4) is 0 Å². The summed E-state index contributed by atoms with van der Waals surface area (Å²) in [6.45, 7) is 7.88. The molecule has 0 unspecified atom stereocenters. The number of hydrogen-bond acceptors (Lipinski definition) is 8. The molecule has 0 bridgehead atoms. The molecule has 3 aromatic rings. The molecular formula is C27H32FN5O4S. The summed E-state index contributed by atoms with van der Waals surface area (Å²) in [4.78, 5) is 23.7. The molecule has 1 amide bonds.